The van der Waals surface area contributed by atoms with E-state index in [2.05, 4.69) is 4.99 Å². The van der Waals surface area contributed by atoms with E-state index in [0.29, 0.717) is 5.56 Å². The maximum atomic E-state index is 13.4. The zero-order valence-corrected chi connectivity index (χ0v) is 15.1. The Labute approximate surface area is 163 Å². The number of carbonyl (C=O) groups excluding carboxylic acids is 1. The number of carbonyl (C=O) groups is 1. The minimum absolute atomic E-state index is 0.0742. The Morgan fingerprint density at radius 3 is 2.28 bits per heavy atom. The lowest BCUT2D eigenvalue weighted by Gasteiger charge is -2.14. The van der Waals surface area contributed by atoms with Gasteiger partial charge in [-0.05, 0) is 30.7 Å². The summed E-state index contributed by atoms with van der Waals surface area (Å²) in [6.45, 7) is 1.42. The first kappa shape index (κ1) is 21.6. The lowest BCUT2D eigenvalue weighted by Crippen LogP contribution is -2.27. The summed E-state index contributed by atoms with van der Waals surface area (Å²) in [6.07, 6.45) is -3.95. The Balaban J connectivity index is 2.42. The minimum Gasteiger partial charge on any atom is -0.460 e. The van der Waals surface area contributed by atoms with E-state index in [0.717, 1.165) is 30.3 Å². The number of aliphatic imine (C=N–C) groups is 1. The van der Waals surface area contributed by atoms with Crippen molar-refractivity contribution in [3.8, 4) is 0 Å². The van der Waals surface area contributed by atoms with Gasteiger partial charge in [0.25, 0.3) is 5.69 Å². The Hall–Kier alpha value is -3.69. The van der Waals surface area contributed by atoms with Gasteiger partial charge in [0.15, 0.2) is 0 Å². The molecule has 0 heterocycles. The summed E-state index contributed by atoms with van der Waals surface area (Å²) >= 11 is 0. The minimum atomic E-state index is -5.04. The van der Waals surface area contributed by atoms with Crippen LogP contribution in [0.2, 0.25) is 0 Å². The molecule has 0 amide bonds. The van der Waals surface area contributed by atoms with Gasteiger partial charge in [-0.25, -0.2) is 9.79 Å². The molecule has 0 N–H and O–H groups in total. The summed E-state index contributed by atoms with van der Waals surface area (Å²) in [5.74, 6) is -3.53. The molecule has 0 bridgehead atoms. The highest BCUT2D eigenvalue weighted by atomic mass is 19.4. The third-order valence-electron chi connectivity index (χ3n) is 3.31. The molecule has 0 aliphatic rings. The van der Waals surface area contributed by atoms with Gasteiger partial charge in [-0.3, -0.25) is 10.1 Å². The molecule has 29 heavy (non-hydrogen) atoms. The molecule has 2 rings (SSSR count). The molecule has 2 aromatic rings. The average Bonchev–Trinajstić information content (AvgIpc) is 2.67. The number of halogens is 3. The second kappa shape index (κ2) is 9.49. The highest BCUT2D eigenvalue weighted by Crippen LogP contribution is 2.26. The van der Waals surface area contributed by atoms with E-state index in [1.807, 2.05) is 0 Å². The van der Waals surface area contributed by atoms with Crippen LogP contribution in [-0.4, -0.2) is 29.6 Å². The highest BCUT2D eigenvalue weighted by Gasteiger charge is 2.40. The van der Waals surface area contributed by atoms with Crippen LogP contribution in [0.15, 0.2) is 65.3 Å². The van der Waals surface area contributed by atoms with Crippen LogP contribution in [0.1, 0.15) is 12.5 Å². The number of rotatable bonds is 6. The predicted octanol–water partition coefficient (Wildman–Crippen LogP) is 4.81. The number of benzene rings is 2. The molecule has 0 aliphatic heterocycles. The topological polar surface area (TPSA) is 91.0 Å². The van der Waals surface area contributed by atoms with Gasteiger partial charge in [0, 0.05) is 12.1 Å². The van der Waals surface area contributed by atoms with Crippen molar-refractivity contribution in [2.75, 3.05) is 6.61 Å². The van der Waals surface area contributed by atoms with Crippen molar-refractivity contribution in [1.29, 1.82) is 0 Å². The molecule has 0 saturated carbocycles. The van der Waals surface area contributed by atoms with E-state index in [-0.39, 0.29) is 18.0 Å². The average molecular weight is 408 g/mol. The van der Waals surface area contributed by atoms with Crippen molar-refractivity contribution in [2.24, 2.45) is 4.99 Å². The first-order valence-corrected chi connectivity index (χ1v) is 8.22. The van der Waals surface area contributed by atoms with Crippen LogP contribution in [0.25, 0.3) is 6.08 Å². The molecule has 0 unspecified atom stereocenters. The standard InChI is InChI=1S/C19H15F3N2O5/c1-2-28-17(25)16(12-13-6-4-3-5-7-13)29-18(19(20,21)22)23-14-8-10-15(11-9-14)24(26)27/h3-12H,2H2,1H3/b16-12-,23-18?. The fourth-order valence-electron chi connectivity index (χ4n) is 2.05. The molecule has 7 nitrogen and oxygen atoms in total. The third kappa shape index (κ3) is 6.45. The van der Waals surface area contributed by atoms with Gasteiger partial charge in [0.1, 0.15) is 0 Å². The molecule has 2 aromatic carbocycles. The number of nitro benzene ring substituents is 1. The van der Waals surface area contributed by atoms with E-state index in [1.54, 1.807) is 30.3 Å². The molecular weight excluding hydrogens is 393 g/mol. The van der Waals surface area contributed by atoms with Crippen molar-refractivity contribution in [2.45, 2.75) is 13.1 Å². The van der Waals surface area contributed by atoms with Crippen molar-refractivity contribution >= 4 is 29.3 Å². The SMILES string of the molecule is CCOC(=O)/C(=C/c1ccccc1)OC(=Nc1ccc([N+](=O)[O-])cc1)C(F)(F)F. The largest absolute Gasteiger partial charge is 0.468 e. The maximum Gasteiger partial charge on any atom is 0.468 e. The summed E-state index contributed by atoms with van der Waals surface area (Å²) in [5.41, 5.74) is -0.145. The molecule has 0 fully saturated rings. The Bertz CT molecular complexity index is 923. The zero-order valence-electron chi connectivity index (χ0n) is 15.1. The number of nitrogens with zero attached hydrogens (tertiary/aromatic N) is 2. The predicted molar refractivity (Wildman–Crippen MR) is 98.4 cm³/mol. The third-order valence-corrected chi connectivity index (χ3v) is 3.31. The van der Waals surface area contributed by atoms with E-state index >= 15 is 0 Å². The summed E-state index contributed by atoms with van der Waals surface area (Å²) in [7, 11) is 0. The first-order valence-electron chi connectivity index (χ1n) is 8.22. The number of ether oxygens (including phenoxy) is 2. The first-order chi connectivity index (χ1) is 13.7. The number of hydrogen-bond acceptors (Lipinski definition) is 6. The number of alkyl halides is 3. The fraction of sp³-hybridized carbons (Fsp3) is 0.158. The van der Waals surface area contributed by atoms with Gasteiger partial charge in [0.2, 0.25) is 5.76 Å². The molecular formula is C19H15F3N2O5. The Morgan fingerprint density at radius 1 is 1.14 bits per heavy atom. The van der Waals surface area contributed by atoms with Gasteiger partial charge in [0.05, 0.1) is 17.2 Å². The summed E-state index contributed by atoms with van der Waals surface area (Å²) in [4.78, 5) is 25.4. The van der Waals surface area contributed by atoms with E-state index in [9.17, 15) is 28.1 Å². The van der Waals surface area contributed by atoms with Gasteiger partial charge < -0.3 is 9.47 Å². The molecule has 0 saturated heterocycles. The summed E-state index contributed by atoms with van der Waals surface area (Å²) in [6, 6.07) is 12.1. The van der Waals surface area contributed by atoms with Gasteiger partial charge in [-0.1, -0.05) is 30.3 Å². The lowest BCUT2D eigenvalue weighted by molar-refractivity contribution is -0.384. The van der Waals surface area contributed by atoms with Gasteiger partial charge >= 0.3 is 18.0 Å². The molecule has 0 radical (unpaired) electrons. The second-order valence-corrected chi connectivity index (χ2v) is 5.43. The fourth-order valence-corrected chi connectivity index (χ4v) is 2.05. The number of hydrogen-bond donors (Lipinski definition) is 0. The van der Waals surface area contributed by atoms with Crippen molar-refractivity contribution in [3.05, 3.63) is 76.0 Å². The monoisotopic (exact) mass is 408 g/mol. The Morgan fingerprint density at radius 2 is 1.76 bits per heavy atom. The van der Waals surface area contributed by atoms with Crippen LogP contribution in [0.4, 0.5) is 24.5 Å². The van der Waals surface area contributed by atoms with Crippen molar-refractivity contribution in [1.82, 2.24) is 0 Å². The zero-order chi connectivity index (χ0) is 21.4. The number of esters is 1. The highest BCUT2D eigenvalue weighted by molar-refractivity contribution is 5.96. The Kier molecular flexibility index (Phi) is 7.07. The van der Waals surface area contributed by atoms with Crippen LogP contribution in [0.5, 0.6) is 0 Å². The van der Waals surface area contributed by atoms with E-state index in [1.165, 1.54) is 6.92 Å². The molecule has 0 atom stereocenters. The van der Waals surface area contributed by atoms with Crippen LogP contribution < -0.4 is 0 Å². The van der Waals surface area contributed by atoms with Gasteiger partial charge in [-0.15, -0.1) is 0 Å². The molecule has 0 spiro atoms. The quantitative estimate of drug-likeness (QED) is 0.130. The number of non-ortho nitro benzene ring substituents is 1. The molecule has 10 heteroatoms. The molecule has 0 aromatic heterocycles. The van der Waals surface area contributed by atoms with E-state index in [4.69, 9.17) is 9.47 Å². The normalized spacial score (nSPS) is 12.4. The molecule has 152 valence electrons. The van der Waals surface area contributed by atoms with Crippen molar-refractivity contribution in [3.63, 3.8) is 0 Å². The second-order valence-electron chi connectivity index (χ2n) is 5.43. The maximum absolute atomic E-state index is 13.4. The smallest absolute Gasteiger partial charge is 0.460 e. The molecule has 0 aliphatic carbocycles. The van der Waals surface area contributed by atoms with Crippen LogP contribution >= 0.6 is 0 Å². The van der Waals surface area contributed by atoms with Crippen LogP contribution in [0.3, 0.4) is 0 Å². The van der Waals surface area contributed by atoms with Crippen molar-refractivity contribution < 1.29 is 32.4 Å². The van der Waals surface area contributed by atoms with E-state index < -0.39 is 28.7 Å². The number of nitro groups is 1. The van der Waals surface area contributed by atoms with Crippen LogP contribution in [-0.2, 0) is 14.3 Å². The van der Waals surface area contributed by atoms with Gasteiger partial charge in [-0.2, -0.15) is 13.2 Å². The van der Waals surface area contributed by atoms with Crippen LogP contribution in [0, 0.1) is 10.1 Å². The summed E-state index contributed by atoms with van der Waals surface area (Å²) in [5, 5.41) is 10.7. The summed E-state index contributed by atoms with van der Waals surface area (Å²) < 4.78 is 49.8. The lowest BCUT2D eigenvalue weighted by atomic mass is 10.2.